The molecule has 0 spiro atoms. The van der Waals surface area contributed by atoms with Gasteiger partial charge < -0.3 is 15.4 Å². The molecule has 1 aromatic heterocycles. The number of nitrogens with one attached hydrogen (secondary N) is 2. The predicted octanol–water partition coefficient (Wildman–Crippen LogP) is 4.87. The third-order valence-corrected chi connectivity index (χ3v) is 4.17. The SMILES string of the molecule is CCOC(=O)c1ccc(Nc2ccc(C(=O)Nc3cc(C)cc(C)c3)cn2)cc1. The fourth-order valence-corrected chi connectivity index (χ4v) is 2.90. The van der Waals surface area contributed by atoms with E-state index < -0.39 is 0 Å². The molecule has 0 bridgehead atoms. The number of ether oxygens (including phenoxy) is 1. The van der Waals surface area contributed by atoms with Crippen molar-refractivity contribution in [1.82, 2.24) is 4.98 Å². The van der Waals surface area contributed by atoms with Crippen LogP contribution in [0.5, 0.6) is 0 Å². The molecule has 0 saturated carbocycles. The van der Waals surface area contributed by atoms with Gasteiger partial charge in [0, 0.05) is 17.6 Å². The monoisotopic (exact) mass is 389 g/mol. The predicted molar refractivity (Wildman–Crippen MR) is 114 cm³/mol. The highest BCUT2D eigenvalue weighted by Gasteiger charge is 2.09. The number of pyridine rings is 1. The lowest BCUT2D eigenvalue weighted by molar-refractivity contribution is 0.0526. The summed E-state index contributed by atoms with van der Waals surface area (Å²) in [4.78, 5) is 28.4. The lowest BCUT2D eigenvalue weighted by Crippen LogP contribution is -2.12. The van der Waals surface area contributed by atoms with Crippen molar-refractivity contribution in [2.45, 2.75) is 20.8 Å². The number of hydrogen-bond acceptors (Lipinski definition) is 5. The van der Waals surface area contributed by atoms with Gasteiger partial charge in [-0.2, -0.15) is 0 Å². The van der Waals surface area contributed by atoms with Gasteiger partial charge in [-0.1, -0.05) is 6.07 Å². The molecule has 3 rings (SSSR count). The standard InChI is InChI=1S/C23H23N3O3/c1-4-29-23(28)17-5-8-19(9-6-17)25-21-10-7-18(14-24-21)22(27)26-20-12-15(2)11-16(3)13-20/h5-14H,4H2,1-3H3,(H,24,25)(H,26,27). The van der Waals surface area contributed by atoms with Crippen LogP contribution in [0.15, 0.2) is 60.8 Å². The number of rotatable bonds is 6. The quantitative estimate of drug-likeness (QED) is 0.588. The summed E-state index contributed by atoms with van der Waals surface area (Å²) in [6.07, 6.45) is 1.52. The third kappa shape index (κ3) is 5.42. The summed E-state index contributed by atoms with van der Waals surface area (Å²) in [6.45, 7) is 6.09. The Morgan fingerprint density at radius 2 is 1.55 bits per heavy atom. The van der Waals surface area contributed by atoms with Crippen molar-refractivity contribution >= 4 is 29.1 Å². The van der Waals surface area contributed by atoms with Gasteiger partial charge in [-0.05, 0) is 80.4 Å². The second kappa shape index (κ2) is 9.01. The Morgan fingerprint density at radius 3 is 2.14 bits per heavy atom. The van der Waals surface area contributed by atoms with Crippen LogP contribution < -0.4 is 10.6 Å². The molecule has 6 heteroatoms. The highest BCUT2D eigenvalue weighted by atomic mass is 16.5. The van der Waals surface area contributed by atoms with Crippen LogP contribution in [0.2, 0.25) is 0 Å². The third-order valence-electron chi connectivity index (χ3n) is 4.17. The van der Waals surface area contributed by atoms with E-state index in [9.17, 15) is 9.59 Å². The smallest absolute Gasteiger partial charge is 0.338 e. The topological polar surface area (TPSA) is 80.3 Å². The normalized spacial score (nSPS) is 10.3. The van der Waals surface area contributed by atoms with Gasteiger partial charge in [-0.15, -0.1) is 0 Å². The minimum Gasteiger partial charge on any atom is -0.462 e. The Bertz CT molecular complexity index is 992. The van der Waals surface area contributed by atoms with Gasteiger partial charge in [0.1, 0.15) is 5.82 Å². The van der Waals surface area contributed by atoms with Gasteiger partial charge in [0.25, 0.3) is 5.91 Å². The second-order valence-corrected chi connectivity index (χ2v) is 6.69. The second-order valence-electron chi connectivity index (χ2n) is 6.69. The molecule has 6 nitrogen and oxygen atoms in total. The number of hydrogen-bond donors (Lipinski definition) is 2. The van der Waals surface area contributed by atoms with Crippen LogP contribution >= 0.6 is 0 Å². The summed E-state index contributed by atoms with van der Waals surface area (Å²) in [7, 11) is 0. The van der Waals surface area contributed by atoms with E-state index in [0.717, 1.165) is 22.5 Å². The molecule has 0 unspecified atom stereocenters. The minimum atomic E-state index is -0.351. The molecule has 2 aromatic carbocycles. The van der Waals surface area contributed by atoms with Crippen LogP contribution in [0.3, 0.4) is 0 Å². The van der Waals surface area contributed by atoms with E-state index in [4.69, 9.17) is 4.74 Å². The zero-order valence-electron chi connectivity index (χ0n) is 16.7. The fourth-order valence-electron chi connectivity index (χ4n) is 2.90. The maximum Gasteiger partial charge on any atom is 0.338 e. The molecule has 148 valence electrons. The van der Waals surface area contributed by atoms with Gasteiger partial charge in [-0.25, -0.2) is 9.78 Å². The van der Waals surface area contributed by atoms with Crippen LogP contribution in [-0.2, 0) is 4.74 Å². The number of amides is 1. The molecule has 0 aliphatic heterocycles. The Morgan fingerprint density at radius 1 is 0.897 bits per heavy atom. The van der Waals surface area contributed by atoms with Crippen molar-refractivity contribution in [2.24, 2.45) is 0 Å². The van der Waals surface area contributed by atoms with Gasteiger partial charge in [0.15, 0.2) is 0 Å². The summed E-state index contributed by atoms with van der Waals surface area (Å²) in [6, 6.07) is 16.3. The van der Waals surface area contributed by atoms with Crippen molar-refractivity contribution in [3.8, 4) is 0 Å². The summed E-state index contributed by atoms with van der Waals surface area (Å²) in [5.41, 5.74) is 4.67. The highest BCUT2D eigenvalue weighted by Crippen LogP contribution is 2.18. The Kier molecular flexibility index (Phi) is 6.24. The number of esters is 1. The largest absolute Gasteiger partial charge is 0.462 e. The highest BCUT2D eigenvalue weighted by molar-refractivity contribution is 6.04. The first-order valence-corrected chi connectivity index (χ1v) is 9.34. The van der Waals surface area contributed by atoms with E-state index in [1.165, 1.54) is 6.20 Å². The van der Waals surface area contributed by atoms with Crippen molar-refractivity contribution in [2.75, 3.05) is 17.2 Å². The molecular formula is C23H23N3O3. The number of nitrogens with zero attached hydrogens (tertiary/aromatic N) is 1. The molecule has 0 aliphatic rings. The minimum absolute atomic E-state index is 0.215. The zero-order valence-corrected chi connectivity index (χ0v) is 16.7. The van der Waals surface area contributed by atoms with E-state index >= 15 is 0 Å². The van der Waals surface area contributed by atoms with Crippen LogP contribution in [0, 0.1) is 13.8 Å². The molecule has 1 heterocycles. The molecule has 0 atom stereocenters. The van der Waals surface area contributed by atoms with Crippen LogP contribution in [-0.4, -0.2) is 23.5 Å². The van der Waals surface area contributed by atoms with E-state index in [2.05, 4.69) is 21.7 Å². The summed E-state index contributed by atoms with van der Waals surface area (Å²) < 4.78 is 4.97. The Balaban J connectivity index is 1.63. The maximum absolute atomic E-state index is 12.4. The van der Waals surface area contributed by atoms with Crippen LogP contribution in [0.4, 0.5) is 17.2 Å². The number of carbonyl (C=O) groups excluding carboxylic acids is 2. The summed E-state index contributed by atoms with van der Waals surface area (Å²) >= 11 is 0. The molecular weight excluding hydrogens is 366 g/mol. The molecule has 0 aliphatic carbocycles. The van der Waals surface area contributed by atoms with Gasteiger partial charge in [-0.3, -0.25) is 4.79 Å². The van der Waals surface area contributed by atoms with E-state index in [1.54, 1.807) is 43.3 Å². The molecule has 2 N–H and O–H groups in total. The molecule has 1 amide bonds. The fraction of sp³-hybridized carbons (Fsp3) is 0.174. The number of aromatic nitrogens is 1. The van der Waals surface area contributed by atoms with Crippen LogP contribution in [0.1, 0.15) is 38.8 Å². The Labute approximate surface area is 169 Å². The summed E-state index contributed by atoms with van der Waals surface area (Å²) in [5.74, 6) is 0.0287. The maximum atomic E-state index is 12.4. The first-order valence-electron chi connectivity index (χ1n) is 9.34. The average molecular weight is 389 g/mol. The number of carbonyl (C=O) groups is 2. The molecule has 0 radical (unpaired) electrons. The average Bonchev–Trinajstić information content (AvgIpc) is 2.68. The van der Waals surface area contributed by atoms with Crippen molar-refractivity contribution < 1.29 is 14.3 Å². The number of aryl methyl sites for hydroxylation is 2. The van der Waals surface area contributed by atoms with E-state index in [1.807, 2.05) is 26.0 Å². The first kappa shape index (κ1) is 20.1. The zero-order chi connectivity index (χ0) is 20.8. The number of anilines is 3. The molecule has 3 aromatic rings. The van der Waals surface area contributed by atoms with Crippen molar-refractivity contribution in [3.05, 3.63) is 83.0 Å². The summed E-state index contributed by atoms with van der Waals surface area (Å²) in [5, 5.41) is 6.03. The van der Waals surface area contributed by atoms with Gasteiger partial charge in [0.2, 0.25) is 0 Å². The van der Waals surface area contributed by atoms with Gasteiger partial charge >= 0.3 is 5.97 Å². The molecule has 29 heavy (non-hydrogen) atoms. The lowest BCUT2D eigenvalue weighted by atomic mass is 10.1. The molecule has 0 fully saturated rings. The van der Waals surface area contributed by atoms with Crippen LogP contribution in [0.25, 0.3) is 0 Å². The van der Waals surface area contributed by atoms with Crippen molar-refractivity contribution in [3.63, 3.8) is 0 Å². The molecule has 0 saturated heterocycles. The Hall–Kier alpha value is -3.67. The first-order chi connectivity index (χ1) is 13.9. The lowest BCUT2D eigenvalue weighted by Gasteiger charge is -2.09. The van der Waals surface area contributed by atoms with Gasteiger partial charge in [0.05, 0.1) is 17.7 Å². The van der Waals surface area contributed by atoms with E-state index in [0.29, 0.717) is 23.6 Å². The number of benzene rings is 2. The van der Waals surface area contributed by atoms with Crippen molar-refractivity contribution in [1.29, 1.82) is 0 Å². The van der Waals surface area contributed by atoms with E-state index in [-0.39, 0.29) is 11.9 Å².